The van der Waals surface area contributed by atoms with Crippen molar-refractivity contribution in [3.05, 3.63) is 65.7 Å². The molecule has 3 atom stereocenters. The highest BCUT2D eigenvalue weighted by molar-refractivity contribution is 6.38. The smallest absolute Gasteiger partial charge is 0.224 e. The Balaban J connectivity index is 2.01. The Morgan fingerprint density at radius 2 is 1.45 bits per heavy atom. The summed E-state index contributed by atoms with van der Waals surface area (Å²) in [6.07, 6.45) is 0.332. The number of nitrogens with one attached hydrogen (secondary N) is 1. The molecule has 2 aromatic carbocycles. The van der Waals surface area contributed by atoms with Crippen molar-refractivity contribution in [1.29, 1.82) is 0 Å². The molecule has 0 aliphatic carbocycles. The summed E-state index contributed by atoms with van der Waals surface area (Å²) in [6, 6.07) is 15.2. The molecule has 0 aromatic heterocycles. The third-order valence-electron chi connectivity index (χ3n) is 7.33. The van der Waals surface area contributed by atoms with E-state index in [0.29, 0.717) is 17.7 Å². The number of hydrogen-bond acceptors (Lipinski definition) is 6. The van der Waals surface area contributed by atoms with E-state index < -0.39 is 34.9 Å². The van der Waals surface area contributed by atoms with Gasteiger partial charge < -0.3 is 10.1 Å². The number of hydrogen-bond donors (Lipinski definition) is 1. The normalized spacial score (nSPS) is 13.7. The predicted molar refractivity (Wildman–Crippen MR) is 155 cm³/mol. The second-order valence-corrected chi connectivity index (χ2v) is 11.8. The van der Waals surface area contributed by atoms with Gasteiger partial charge in [-0.25, -0.2) is 0 Å². The lowest BCUT2D eigenvalue weighted by Gasteiger charge is -2.30. The van der Waals surface area contributed by atoms with Crippen molar-refractivity contribution in [1.82, 2.24) is 5.32 Å². The molecule has 0 aliphatic heterocycles. The van der Waals surface area contributed by atoms with Crippen LogP contribution in [0.2, 0.25) is 0 Å². The first-order valence-corrected chi connectivity index (χ1v) is 13.9. The van der Waals surface area contributed by atoms with Gasteiger partial charge in [-0.2, -0.15) is 0 Å². The van der Waals surface area contributed by atoms with Crippen molar-refractivity contribution in [3.63, 3.8) is 0 Å². The van der Waals surface area contributed by atoms with Crippen LogP contribution in [0.15, 0.2) is 54.6 Å². The standard InChI is InChI=1S/C33H43NO6/c1-21(2)26(31(38)28(35)18-15-23-13-16-25(40-7)17-14-23)19-29(36)22(3)34-32(39)27(33(4,5)6)20-30(37)24-11-9-8-10-12-24/h8-14,16-17,21-22,26-27H,15,18-20H2,1-7H3,(H,34,39)/t22-,26-,27+/m0/s1. The largest absolute Gasteiger partial charge is 0.497 e. The second-order valence-electron chi connectivity index (χ2n) is 11.8. The van der Waals surface area contributed by atoms with Crippen molar-refractivity contribution < 1.29 is 28.7 Å². The van der Waals surface area contributed by atoms with E-state index in [1.165, 1.54) is 0 Å². The number of carbonyl (C=O) groups excluding carboxylic acids is 5. The Bertz CT molecular complexity index is 1180. The monoisotopic (exact) mass is 549 g/mol. The molecule has 0 bridgehead atoms. The van der Waals surface area contributed by atoms with Crippen molar-refractivity contribution >= 4 is 29.0 Å². The predicted octanol–water partition coefficient (Wildman–Crippen LogP) is 5.44. The molecule has 216 valence electrons. The van der Waals surface area contributed by atoms with E-state index in [4.69, 9.17) is 4.74 Å². The quantitative estimate of drug-likeness (QED) is 0.234. The van der Waals surface area contributed by atoms with E-state index in [2.05, 4.69) is 5.32 Å². The van der Waals surface area contributed by atoms with Gasteiger partial charge in [-0.1, -0.05) is 77.1 Å². The highest BCUT2D eigenvalue weighted by atomic mass is 16.5. The van der Waals surface area contributed by atoms with Crippen LogP contribution >= 0.6 is 0 Å². The third-order valence-corrected chi connectivity index (χ3v) is 7.33. The topological polar surface area (TPSA) is 107 Å². The molecule has 0 saturated heterocycles. The first-order chi connectivity index (χ1) is 18.7. The van der Waals surface area contributed by atoms with Gasteiger partial charge in [0.2, 0.25) is 11.7 Å². The summed E-state index contributed by atoms with van der Waals surface area (Å²) >= 11 is 0. The molecule has 0 radical (unpaired) electrons. The minimum absolute atomic E-state index is 0.00998. The van der Waals surface area contributed by atoms with Gasteiger partial charge in [0, 0.05) is 30.7 Å². The van der Waals surface area contributed by atoms with Crippen LogP contribution in [0.3, 0.4) is 0 Å². The van der Waals surface area contributed by atoms with Crippen LogP contribution in [0.1, 0.15) is 76.7 Å². The molecular formula is C33H43NO6. The molecule has 1 amide bonds. The second kappa shape index (κ2) is 14.7. The molecule has 0 heterocycles. The number of ketones is 4. The maximum atomic E-state index is 13.2. The van der Waals surface area contributed by atoms with Gasteiger partial charge in [0.15, 0.2) is 17.3 Å². The molecule has 7 nitrogen and oxygen atoms in total. The number of rotatable bonds is 15. The van der Waals surface area contributed by atoms with E-state index in [1.807, 2.05) is 39.0 Å². The molecule has 2 rings (SSSR count). The SMILES string of the molecule is COc1ccc(CCC(=O)C(=O)[C@@H](CC(=O)[C@H](C)NC(=O)[C@@H](CC(=O)c2ccccc2)C(C)(C)C)C(C)C)cc1. The molecule has 0 spiro atoms. The fourth-order valence-electron chi connectivity index (χ4n) is 4.52. The molecule has 0 unspecified atom stereocenters. The lowest BCUT2D eigenvalue weighted by Crippen LogP contribution is -2.46. The Hall–Kier alpha value is -3.61. The molecule has 1 N–H and O–H groups in total. The fourth-order valence-corrected chi connectivity index (χ4v) is 4.52. The average Bonchev–Trinajstić information content (AvgIpc) is 2.92. The van der Waals surface area contributed by atoms with Crippen LogP contribution < -0.4 is 10.1 Å². The van der Waals surface area contributed by atoms with E-state index in [0.717, 1.165) is 5.56 Å². The number of benzene rings is 2. The Morgan fingerprint density at radius 3 is 1.98 bits per heavy atom. The number of amides is 1. The van der Waals surface area contributed by atoms with Crippen LogP contribution in [0.5, 0.6) is 5.75 Å². The van der Waals surface area contributed by atoms with Crippen molar-refractivity contribution in [2.24, 2.45) is 23.2 Å². The summed E-state index contributed by atoms with van der Waals surface area (Å²) in [7, 11) is 1.58. The van der Waals surface area contributed by atoms with Gasteiger partial charge in [0.05, 0.1) is 19.1 Å². The van der Waals surface area contributed by atoms with E-state index >= 15 is 0 Å². The van der Waals surface area contributed by atoms with Crippen LogP contribution in [0.4, 0.5) is 0 Å². The Morgan fingerprint density at radius 1 is 0.850 bits per heavy atom. The Kier molecular flexibility index (Phi) is 12.0. The van der Waals surface area contributed by atoms with Crippen LogP contribution in [0.25, 0.3) is 0 Å². The minimum atomic E-state index is -0.868. The zero-order valence-electron chi connectivity index (χ0n) is 24.8. The Labute approximate surface area is 238 Å². The van der Waals surface area contributed by atoms with Crippen molar-refractivity contribution in [2.75, 3.05) is 7.11 Å². The van der Waals surface area contributed by atoms with Gasteiger partial charge in [0.25, 0.3) is 0 Å². The molecule has 0 saturated carbocycles. The number of ether oxygens (including phenoxy) is 1. The summed E-state index contributed by atoms with van der Waals surface area (Å²) < 4.78 is 5.14. The molecule has 0 aliphatic rings. The van der Waals surface area contributed by atoms with Gasteiger partial charge in [0.1, 0.15) is 5.75 Å². The maximum absolute atomic E-state index is 13.2. The zero-order chi connectivity index (χ0) is 30.0. The highest BCUT2D eigenvalue weighted by Gasteiger charge is 2.36. The lowest BCUT2D eigenvalue weighted by atomic mass is 9.76. The van der Waals surface area contributed by atoms with Crippen LogP contribution in [-0.2, 0) is 25.6 Å². The fraction of sp³-hybridized carbons (Fsp3) is 0.485. The maximum Gasteiger partial charge on any atom is 0.224 e. The molecule has 40 heavy (non-hydrogen) atoms. The number of aryl methyl sites for hydroxylation is 1. The molecule has 0 fully saturated rings. The summed E-state index contributed by atoms with van der Waals surface area (Å²) in [5.41, 5.74) is 0.919. The molecule has 2 aromatic rings. The lowest BCUT2D eigenvalue weighted by molar-refractivity contribution is -0.141. The number of carbonyl (C=O) groups is 5. The van der Waals surface area contributed by atoms with E-state index in [-0.39, 0.29) is 42.7 Å². The van der Waals surface area contributed by atoms with Crippen LogP contribution in [-0.4, -0.2) is 42.2 Å². The van der Waals surface area contributed by atoms with E-state index in [1.54, 1.807) is 64.3 Å². The first kappa shape index (κ1) is 32.6. The zero-order valence-corrected chi connectivity index (χ0v) is 24.8. The third kappa shape index (κ3) is 9.54. The van der Waals surface area contributed by atoms with Crippen LogP contribution in [0, 0.1) is 23.2 Å². The van der Waals surface area contributed by atoms with Gasteiger partial charge in [-0.3, -0.25) is 24.0 Å². The van der Waals surface area contributed by atoms with Crippen molar-refractivity contribution in [2.45, 2.75) is 73.3 Å². The summed E-state index contributed by atoms with van der Waals surface area (Å²) in [5.74, 6) is -2.87. The van der Waals surface area contributed by atoms with E-state index in [9.17, 15) is 24.0 Å². The van der Waals surface area contributed by atoms with Gasteiger partial charge >= 0.3 is 0 Å². The minimum Gasteiger partial charge on any atom is -0.497 e. The van der Waals surface area contributed by atoms with Gasteiger partial charge in [-0.05, 0) is 42.4 Å². The summed E-state index contributed by atoms with van der Waals surface area (Å²) in [6.45, 7) is 10.8. The van der Waals surface area contributed by atoms with Crippen molar-refractivity contribution in [3.8, 4) is 5.75 Å². The van der Waals surface area contributed by atoms with Gasteiger partial charge in [-0.15, -0.1) is 0 Å². The molecular weight excluding hydrogens is 506 g/mol. The molecule has 7 heteroatoms. The summed E-state index contributed by atoms with van der Waals surface area (Å²) in [4.78, 5) is 65.0. The highest BCUT2D eigenvalue weighted by Crippen LogP contribution is 2.30. The number of Topliss-reactive ketones (excluding diaryl/α,β-unsaturated/α-hetero) is 4. The number of methoxy groups -OCH3 is 1. The first-order valence-electron chi connectivity index (χ1n) is 13.9. The summed E-state index contributed by atoms with van der Waals surface area (Å²) in [5, 5.41) is 2.76. The average molecular weight is 550 g/mol.